The van der Waals surface area contributed by atoms with Crippen molar-refractivity contribution in [2.24, 2.45) is 0 Å². The van der Waals surface area contributed by atoms with Gasteiger partial charge in [-0.15, -0.1) is 0 Å². The van der Waals surface area contributed by atoms with Gasteiger partial charge < -0.3 is 9.47 Å². The summed E-state index contributed by atoms with van der Waals surface area (Å²) in [4.78, 5) is 12.5. The molecule has 0 aliphatic heterocycles. The van der Waals surface area contributed by atoms with E-state index < -0.39 is 5.41 Å². The normalized spacial score (nSPS) is 12.8. The number of methoxy groups -OCH3 is 1. The summed E-state index contributed by atoms with van der Waals surface area (Å²) in [5.41, 5.74) is 2.39. The molecule has 0 fully saturated rings. The van der Waals surface area contributed by atoms with Crippen molar-refractivity contribution in [2.75, 3.05) is 7.11 Å². The highest BCUT2D eigenvalue weighted by Gasteiger charge is 2.36. The van der Waals surface area contributed by atoms with Crippen LogP contribution in [0.3, 0.4) is 0 Å². The fourth-order valence-electron chi connectivity index (χ4n) is 3.18. The maximum atomic E-state index is 12.5. The second kappa shape index (κ2) is 8.54. The van der Waals surface area contributed by atoms with Gasteiger partial charge in [-0.25, -0.2) is 0 Å². The molecule has 27 heavy (non-hydrogen) atoms. The average molecular weight is 360 g/mol. The van der Waals surface area contributed by atoms with Crippen molar-refractivity contribution in [3.63, 3.8) is 0 Å². The second-order valence-electron chi connectivity index (χ2n) is 6.78. The van der Waals surface area contributed by atoms with E-state index in [1.807, 2.05) is 91.9 Å². The minimum absolute atomic E-state index is 0.238. The summed E-state index contributed by atoms with van der Waals surface area (Å²) in [6, 6.07) is 27.7. The Bertz CT molecular complexity index is 857. The Balaban J connectivity index is 1.72. The molecule has 0 amide bonds. The number of carbonyl (C=O) groups excluding carboxylic acids is 1. The maximum absolute atomic E-state index is 12.5. The molecular formula is C24H24O3. The van der Waals surface area contributed by atoms with Gasteiger partial charge in [0.15, 0.2) is 0 Å². The molecule has 0 unspecified atom stereocenters. The molecule has 1 atom stereocenters. The first kappa shape index (κ1) is 18.7. The maximum Gasteiger partial charge on any atom is 0.316 e. The molecule has 0 saturated heterocycles. The van der Waals surface area contributed by atoms with Crippen LogP contribution in [0.2, 0.25) is 0 Å². The molecule has 0 bridgehead atoms. The molecule has 0 radical (unpaired) electrons. The summed E-state index contributed by atoms with van der Waals surface area (Å²) in [7, 11) is 1.43. The minimum atomic E-state index is -0.734. The predicted molar refractivity (Wildman–Crippen MR) is 107 cm³/mol. The van der Waals surface area contributed by atoms with E-state index >= 15 is 0 Å². The van der Waals surface area contributed by atoms with Crippen LogP contribution in [0.1, 0.15) is 23.6 Å². The van der Waals surface area contributed by atoms with Gasteiger partial charge in [-0.1, -0.05) is 72.8 Å². The summed E-state index contributed by atoms with van der Waals surface area (Å²) < 4.78 is 10.9. The second-order valence-corrected chi connectivity index (χ2v) is 6.78. The van der Waals surface area contributed by atoms with Crippen molar-refractivity contribution in [3.8, 4) is 5.75 Å². The van der Waals surface area contributed by atoms with Gasteiger partial charge >= 0.3 is 5.97 Å². The zero-order chi connectivity index (χ0) is 19.1. The zero-order valence-electron chi connectivity index (χ0n) is 15.7. The lowest BCUT2D eigenvalue weighted by Gasteiger charge is -2.27. The Labute approximate surface area is 160 Å². The molecule has 0 heterocycles. The molecule has 3 rings (SSSR count). The number of esters is 1. The smallest absolute Gasteiger partial charge is 0.316 e. The fourth-order valence-corrected chi connectivity index (χ4v) is 3.18. The Morgan fingerprint density at radius 3 is 2.00 bits per heavy atom. The lowest BCUT2D eigenvalue weighted by Crippen LogP contribution is -2.36. The summed E-state index contributed by atoms with van der Waals surface area (Å²) in [5, 5.41) is 0. The number of benzene rings is 3. The van der Waals surface area contributed by atoms with Crippen LogP contribution < -0.4 is 4.74 Å². The third-order valence-corrected chi connectivity index (χ3v) is 4.78. The predicted octanol–water partition coefficient (Wildman–Crippen LogP) is 4.94. The number of ether oxygens (including phenoxy) is 2. The van der Waals surface area contributed by atoms with Crippen LogP contribution in [0, 0.1) is 0 Å². The largest absolute Gasteiger partial charge is 0.489 e. The van der Waals surface area contributed by atoms with E-state index in [1.165, 1.54) is 7.11 Å². The Morgan fingerprint density at radius 1 is 0.815 bits per heavy atom. The molecule has 0 aliphatic carbocycles. The van der Waals surface area contributed by atoms with E-state index in [-0.39, 0.29) is 5.97 Å². The highest BCUT2D eigenvalue weighted by molar-refractivity contribution is 5.83. The van der Waals surface area contributed by atoms with Gasteiger partial charge in [-0.05, 0) is 42.2 Å². The number of rotatable bonds is 7. The van der Waals surface area contributed by atoms with Crippen molar-refractivity contribution < 1.29 is 14.3 Å². The van der Waals surface area contributed by atoms with Crippen LogP contribution >= 0.6 is 0 Å². The van der Waals surface area contributed by atoms with E-state index in [9.17, 15) is 4.79 Å². The molecule has 3 nitrogen and oxygen atoms in total. The van der Waals surface area contributed by atoms with Crippen molar-refractivity contribution in [2.45, 2.75) is 25.4 Å². The van der Waals surface area contributed by atoms with Crippen LogP contribution in [0.5, 0.6) is 5.75 Å². The monoisotopic (exact) mass is 360 g/mol. The van der Waals surface area contributed by atoms with Gasteiger partial charge in [0, 0.05) is 0 Å². The highest BCUT2D eigenvalue weighted by atomic mass is 16.5. The zero-order valence-corrected chi connectivity index (χ0v) is 15.7. The molecule has 3 aromatic carbocycles. The molecule has 0 saturated carbocycles. The van der Waals surface area contributed by atoms with Crippen molar-refractivity contribution in [1.82, 2.24) is 0 Å². The topological polar surface area (TPSA) is 35.5 Å². The lowest BCUT2D eigenvalue weighted by molar-refractivity contribution is -0.146. The van der Waals surface area contributed by atoms with Gasteiger partial charge in [-0.3, -0.25) is 4.79 Å². The van der Waals surface area contributed by atoms with Crippen LogP contribution in [0.4, 0.5) is 0 Å². The first-order chi connectivity index (χ1) is 13.1. The fraction of sp³-hybridized carbons (Fsp3) is 0.208. The molecule has 0 aromatic heterocycles. The van der Waals surface area contributed by atoms with E-state index in [0.717, 1.165) is 22.4 Å². The first-order valence-corrected chi connectivity index (χ1v) is 9.01. The average Bonchev–Trinajstić information content (AvgIpc) is 2.74. The molecule has 0 spiro atoms. The Morgan fingerprint density at radius 2 is 1.41 bits per heavy atom. The number of hydrogen-bond donors (Lipinski definition) is 0. The SMILES string of the molecule is COC(=O)[C@](C)(Cc1ccc(OCc2ccccc2)cc1)c1ccccc1. The van der Waals surface area contributed by atoms with Gasteiger partial charge in [0.2, 0.25) is 0 Å². The summed E-state index contributed by atoms with van der Waals surface area (Å²) >= 11 is 0. The minimum Gasteiger partial charge on any atom is -0.489 e. The molecule has 0 N–H and O–H groups in total. The third-order valence-electron chi connectivity index (χ3n) is 4.78. The summed E-state index contributed by atoms with van der Waals surface area (Å²) in [6.45, 7) is 2.46. The third kappa shape index (κ3) is 4.56. The van der Waals surface area contributed by atoms with E-state index in [4.69, 9.17) is 9.47 Å². The van der Waals surface area contributed by atoms with Crippen LogP contribution in [0.15, 0.2) is 84.9 Å². The molecule has 3 heteroatoms. The van der Waals surface area contributed by atoms with Gasteiger partial charge in [0.1, 0.15) is 12.4 Å². The Hall–Kier alpha value is -3.07. The van der Waals surface area contributed by atoms with E-state index in [0.29, 0.717) is 13.0 Å². The van der Waals surface area contributed by atoms with E-state index in [1.54, 1.807) is 0 Å². The molecule has 138 valence electrons. The highest BCUT2D eigenvalue weighted by Crippen LogP contribution is 2.30. The molecule has 3 aromatic rings. The number of carbonyl (C=O) groups is 1. The molecule has 0 aliphatic rings. The van der Waals surface area contributed by atoms with Crippen LogP contribution in [-0.2, 0) is 28.0 Å². The summed E-state index contributed by atoms with van der Waals surface area (Å²) in [6.07, 6.45) is 0.558. The van der Waals surface area contributed by atoms with Crippen LogP contribution in [-0.4, -0.2) is 13.1 Å². The van der Waals surface area contributed by atoms with Crippen molar-refractivity contribution >= 4 is 5.97 Å². The Kier molecular flexibility index (Phi) is 5.92. The lowest BCUT2D eigenvalue weighted by atomic mass is 9.77. The number of hydrogen-bond acceptors (Lipinski definition) is 3. The van der Waals surface area contributed by atoms with Crippen LogP contribution in [0.25, 0.3) is 0 Å². The van der Waals surface area contributed by atoms with Gasteiger partial charge in [-0.2, -0.15) is 0 Å². The quantitative estimate of drug-likeness (QED) is 0.560. The van der Waals surface area contributed by atoms with Gasteiger partial charge in [0.05, 0.1) is 12.5 Å². The standard InChI is InChI=1S/C24H24O3/c1-24(23(25)26-2,21-11-7-4-8-12-21)17-19-13-15-22(16-14-19)27-18-20-9-5-3-6-10-20/h3-16H,17-18H2,1-2H3/t24-/m1/s1. The van der Waals surface area contributed by atoms with Crippen molar-refractivity contribution in [1.29, 1.82) is 0 Å². The van der Waals surface area contributed by atoms with E-state index in [2.05, 4.69) is 0 Å². The molecular weight excluding hydrogens is 336 g/mol. The van der Waals surface area contributed by atoms with Gasteiger partial charge in [0.25, 0.3) is 0 Å². The summed E-state index contributed by atoms with van der Waals surface area (Å²) in [5.74, 6) is 0.570. The first-order valence-electron chi connectivity index (χ1n) is 9.01. The van der Waals surface area contributed by atoms with Crippen molar-refractivity contribution in [3.05, 3.63) is 102 Å².